The number of hydrogen-bond acceptors (Lipinski definition) is 6. The Bertz CT molecular complexity index is 1160. The fraction of sp³-hybridized carbons (Fsp3) is 0.375. The molecule has 0 bridgehead atoms. The van der Waals surface area contributed by atoms with Gasteiger partial charge in [0.05, 0.1) is 5.56 Å². The van der Waals surface area contributed by atoms with Crippen LogP contribution in [-0.2, 0) is 17.6 Å². The molecule has 1 amide bonds. The van der Waals surface area contributed by atoms with Crippen molar-refractivity contribution < 1.29 is 13.9 Å². The van der Waals surface area contributed by atoms with Gasteiger partial charge in [-0.25, -0.2) is 4.98 Å². The van der Waals surface area contributed by atoms with Crippen LogP contribution in [0, 0.1) is 11.3 Å². The molecule has 1 aliphatic carbocycles. The van der Waals surface area contributed by atoms with E-state index in [4.69, 9.17) is 9.15 Å². The predicted molar refractivity (Wildman–Crippen MR) is 116 cm³/mol. The number of carbonyl (C=O) groups is 1. The van der Waals surface area contributed by atoms with Gasteiger partial charge in [-0.2, -0.15) is 5.26 Å². The van der Waals surface area contributed by atoms with Crippen molar-refractivity contribution in [2.75, 3.05) is 37.7 Å². The van der Waals surface area contributed by atoms with E-state index in [1.807, 2.05) is 23.1 Å². The van der Waals surface area contributed by atoms with Crippen molar-refractivity contribution in [3.05, 3.63) is 53.4 Å². The lowest BCUT2D eigenvalue weighted by Gasteiger charge is -2.35. The van der Waals surface area contributed by atoms with Gasteiger partial charge >= 0.3 is 0 Å². The highest BCUT2D eigenvalue weighted by atomic mass is 16.5. The molecular weight excluding hydrogens is 392 g/mol. The lowest BCUT2D eigenvalue weighted by atomic mass is 9.96. The van der Waals surface area contributed by atoms with Gasteiger partial charge in [-0.3, -0.25) is 4.79 Å². The average Bonchev–Trinajstić information content (AvgIpc) is 3.20. The van der Waals surface area contributed by atoms with Crippen molar-refractivity contribution in [2.45, 2.75) is 25.7 Å². The summed E-state index contributed by atoms with van der Waals surface area (Å²) in [4.78, 5) is 20.9. The number of anilines is 1. The Morgan fingerprint density at radius 1 is 1.16 bits per heavy atom. The van der Waals surface area contributed by atoms with E-state index < -0.39 is 0 Å². The number of carbonyl (C=O) groups excluding carboxylic acids is 1. The molecular formula is C24H24N4O3. The second kappa shape index (κ2) is 8.31. The van der Waals surface area contributed by atoms with Crippen LogP contribution in [-0.4, -0.2) is 48.6 Å². The van der Waals surface area contributed by atoms with Crippen molar-refractivity contribution in [1.29, 1.82) is 5.26 Å². The van der Waals surface area contributed by atoms with Crippen LogP contribution in [0.1, 0.15) is 29.7 Å². The molecule has 0 spiro atoms. The Morgan fingerprint density at radius 3 is 2.84 bits per heavy atom. The average molecular weight is 416 g/mol. The van der Waals surface area contributed by atoms with Crippen LogP contribution in [0.5, 0.6) is 5.75 Å². The molecule has 2 aromatic heterocycles. The molecule has 0 atom stereocenters. The van der Waals surface area contributed by atoms with Gasteiger partial charge in [0.25, 0.3) is 5.91 Å². The third-order valence-corrected chi connectivity index (χ3v) is 6.13. The quantitative estimate of drug-likeness (QED) is 0.649. The Balaban J connectivity index is 1.19. The van der Waals surface area contributed by atoms with E-state index >= 15 is 0 Å². The Morgan fingerprint density at radius 2 is 2.00 bits per heavy atom. The van der Waals surface area contributed by atoms with Crippen molar-refractivity contribution in [3.8, 4) is 11.8 Å². The van der Waals surface area contributed by atoms with Crippen LogP contribution in [0.2, 0.25) is 0 Å². The summed E-state index contributed by atoms with van der Waals surface area (Å²) < 4.78 is 11.8. The predicted octanol–water partition coefficient (Wildman–Crippen LogP) is 3.31. The van der Waals surface area contributed by atoms with E-state index in [9.17, 15) is 10.1 Å². The second-order valence-electron chi connectivity index (χ2n) is 8.01. The molecule has 1 fully saturated rings. The Hall–Kier alpha value is -3.53. The molecule has 31 heavy (non-hydrogen) atoms. The minimum absolute atomic E-state index is 0.0125. The monoisotopic (exact) mass is 416 g/mol. The molecule has 7 nitrogen and oxygen atoms in total. The van der Waals surface area contributed by atoms with Crippen LogP contribution in [0.25, 0.3) is 11.0 Å². The molecule has 158 valence electrons. The number of pyridine rings is 1. The molecule has 0 saturated carbocycles. The number of ether oxygens (including phenoxy) is 1. The summed E-state index contributed by atoms with van der Waals surface area (Å²) in [6.07, 6.45) is 6.09. The van der Waals surface area contributed by atoms with Crippen molar-refractivity contribution in [1.82, 2.24) is 9.88 Å². The third-order valence-electron chi connectivity index (χ3n) is 6.13. The topological polar surface area (TPSA) is 82.6 Å². The fourth-order valence-corrected chi connectivity index (χ4v) is 4.47. The minimum atomic E-state index is -0.0319. The smallest absolute Gasteiger partial charge is 0.260 e. The first-order valence-corrected chi connectivity index (χ1v) is 10.8. The first-order chi connectivity index (χ1) is 15.2. The summed E-state index contributed by atoms with van der Waals surface area (Å²) >= 11 is 0. The first-order valence-electron chi connectivity index (χ1n) is 10.8. The van der Waals surface area contributed by atoms with E-state index in [-0.39, 0.29) is 12.5 Å². The second-order valence-corrected chi connectivity index (χ2v) is 8.01. The normalized spacial score (nSPS) is 16.1. The number of furan rings is 1. The molecule has 1 saturated heterocycles. The summed E-state index contributed by atoms with van der Waals surface area (Å²) in [7, 11) is 0. The minimum Gasteiger partial charge on any atom is -0.484 e. The summed E-state index contributed by atoms with van der Waals surface area (Å²) in [5.41, 5.74) is 2.75. The van der Waals surface area contributed by atoms with Crippen LogP contribution < -0.4 is 9.64 Å². The van der Waals surface area contributed by atoms with E-state index in [0.717, 1.165) is 29.6 Å². The number of amides is 1. The van der Waals surface area contributed by atoms with Gasteiger partial charge in [0.15, 0.2) is 6.61 Å². The summed E-state index contributed by atoms with van der Waals surface area (Å²) in [6.45, 7) is 2.46. The molecule has 1 aliphatic heterocycles. The summed E-state index contributed by atoms with van der Waals surface area (Å²) in [5, 5.41) is 10.4. The molecule has 1 aromatic carbocycles. The van der Waals surface area contributed by atoms with Gasteiger partial charge < -0.3 is 19.0 Å². The van der Waals surface area contributed by atoms with Gasteiger partial charge in [-0.15, -0.1) is 0 Å². The maximum atomic E-state index is 12.7. The van der Waals surface area contributed by atoms with Crippen molar-refractivity contribution in [3.63, 3.8) is 0 Å². The molecule has 3 aromatic rings. The number of aryl methyl sites for hydroxylation is 2. The van der Waals surface area contributed by atoms with Gasteiger partial charge in [-0.1, -0.05) is 0 Å². The fourth-order valence-electron chi connectivity index (χ4n) is 4.47. The Kier molecular flexibility index (Phi) is 5.21. The maximum absolute atomic E-state index is 12.7. The van der Waals surface area contributed by atoms with Gasteiger partial charge in [0.1, 0.15) is 29.0 Å². The number of nitriles is 1. The van der Waals surface area contributed by atoms with Crippen LogP contribution >= 0.6 is 0 Å². The number of aromatic nitrogens is 1. The number of rotatable bonds is 4. The Labute approximate surface area is 180 Å². The number of nitrogens with zero attached hydrogens (tertiary/aromatic N) is 4. The highest BCUT2D eigenvalue weighted by Gasteiger charge is 2.24. The van der Waals surface area contributed by atoms with Gasteiger partial charge in [-0.05, 0) is 49.6 Å². The number of benzene rings is 1. The molecule has 7 heteroatoms. The summed E-state index contributed by atoms with van der Waals surface area (Å²) in [6, 6.07) is 11.5. The SMILES string of the molecule is N#Cc1cccnc1N1CCN(C(=O)COc2ccc3oc4c(c3c2)CCCC4)CC1. The van der Waals surface area contributed by atoms with E-state index in [1.165, 1.54) is 18.4 Å². The lowest BCUT2D eigenvalue weighted by molar-refractivity contribution is -0.133. The van der Waals surface area contributed by atoms with Crippen molar-refractivity contribution >= 4 is 22.7 Å². The number of piperazine rings is 1. The standard InChI is InChI=1S/C24H24N4O3/c25-15-17-4-3-9-26-24(17)28-12-10-27(11-13-28)23(29)16-30-18-7-8-22-20(14-18)19-5-1-2-6-21(19)31-22/h3-4,7-9,14H,1-2,5-6,10-13,16H2. The van der Waals surface area contributed by atoms with Crippen LogP contribution in [0.15, 0.2) is 40.9 Å². The molecule has 2 aliphatic rings. The molecule has 5 rings (SSSR count). The lowest BCUT2D eigenvalue weighted by Crippen LogP contribution is -2.50. The van der Waals surface area contributed by atoms with E-state index in [0.29, 0.717) is 43.3 Å². The van der Waals surface area contributed by atoms with Crippen LogP contribution in [0.3, 0.4) is 0 Å². The molecule has 0 unspecified atom stereocenters. The zero-order valence-corrected chi connectivity index (χ0v) is 17.3. The zero-order valence-electron chi connectivity index (χ0n) is 17.3. The van der Waals surface area contributed by atoms with Gasteiger partial charge in [0.2, 0.25) is 0 Å². The highest BCUT2D eigenvalue weighted by molar-refractivity contribution is 5.84. The van der Waals surface area contributed by atoms with E-state index in [1.54, 1.807) is 18.3 Å². The molecule has 0 radical (unpaired) electrons. The highest BCUT2D eigenvalue weighted by Crippen LogP contribution is 2.34. The molecule has 0 N–H and O–H groups in total. The maximum Gasteiger partial charge on any atom is 0.260 e. The number of fused-ring (bicyclic) bond motifs is 3. The summed E-state index contributed by atoms with van der Waals surface area (Å²) in [5.74, 6) is 2.45. The van der Waals surface area contributed by atoms with Crippen molar-refractivity contribution in [2.24, 2.45) is 0 Å². The van der Waals surface area contributed by atoms with E-state index in [2.05, 4.69) is 16.0 Å². The molecule has 3 heterocycles. The third kappa shape index (κ3) is 3.81. The zero-order chi connectivity index (χ0) is 21.2. The van der Waals surface area contributed by atoms with Gasteiger partial charge in [0, 0.05) is 49.7 Å². The first kappa shape index (κ1) is 19.4. The largest absolute Gasteiger partial charge is 0.484 e. The number of hydrogen-bond donors (Lipinski definition) is 0. The van der Waals surface area contributed by atoms with Crippen LogP contribution in [0.4, 0.5) is 5.82 Å².